The smallest absolute Gasteiger partial charge is 0.326 e. The van der Waals surface area contributed by atoms with Crippen molar-refractivity contribution >= 4 is 0 Å². The van der Waals surface area contributed by atoms with Crippen LogP contribution in [0.2, 0.25) is 0 Å². The molecule has 1 saturated carbocycles. The Labute approximate surface area is 82.2 Å². The number of likely N-dealkylation sites (N-methyl/N-ethyl adjacent to an activating group) is 1. The van der Waals surface area contributed by atoms with Gasteiger partial charge in [-0.25, -0.2) is 0 Å². The summed E-state index contributed by atoms with van der Waals surface area (Å²) in [4.78, 5) is 1.79. The lowest BCUT2D eigenvalue weighted by Crippen LogP contribution is -2.50. The third kappa shape index (κ3) is 2.60. The highest BCUT2D eigenvalue weighted by molar-refractivity contribution is 4.89. The molecule has 1 rings (SSSR count). The van der Waals surface area contributed by atoms with Crippen LogP contribution in [0, 0.1) is 5.92 Å². The second-order valence-corrected chi connectivity index (χ2v) is 4.25. The van der Waals surface area contributed by atoms with Crippen molar-refractivity contribution in [2.24, 2.45) is 11.7 Å². The fourth-order valence-electron chi connectivity index (χ4n) is 2.06. The van der Waals surface area contributed by atoms with E-state index in [1.165, 1.54) is 0 Å². The van der Waals surface area contributed by atoms with E-state index in [-0.39, 0.29) is 24.9 Å². The van der Waals surface area contributed by atoms with Crippen molar-refractivity contribution in [1.82, 2.24) is 4.90 Å². The molecule has 0 heterocycles. The van der Waals surface area contributed by atoms with Gasteiger partial charge in [0.25, 0.3) is 0 Å². The SMILES string of the molecule is CN(C)[C@H]1CC(C(F)(F)F)CC[C@@H]1N. The first-order chi connectivity index (χ1) is 6.32. The summed E-state index contributed by atoms with van der Waals surface area (Å²) < 4.78 is 37.3. The Morgan fingerprint density at radius 3 is 2.21 bits per heavy atom. The minimum absolute atomic E-state index is 0.122. The van der Waals surface area contributed by atoms with Crippen LogP contribution in [-0.4, -0.2) is 37.3 Å². The molecule has 0 aromatic heterocycles. The van der Waals surface area contributed by atoms with Gasteiger partial charge in [-0.3, -0.25) is 0 Å². The summed E-state index contributed by atoms with van der Waals surface area (Å²) in [6.07, 6.45) is -3.28. The average molecular weight is 210 g/mol. The van der Waals surface area contributed by atoms with Crippen molar-refractivity contribution in [3.63, 3.8) is 0 Å². The number of hydrogen-bond acceptors (Lipinski definition) is 2. The van der Waals surface area contributed by atoms with Crippen LogP contribution in [0.25, 0.3) is 0 Å². The molecule has 0 saturated heterocycles. The lowest BCUT2D eigenvalue weighted by atomic mass is 9.82. The summed E-state index contributed by atoms with van der Waals surface area (Å²) in [5.41, 5.74) is 5.78. The van der Waals surface area contributed by atoms with Gasteiger partial charge in [-0.1, -0.05) is 0 Å². The molecule has 14 heavy (non-hydrogen) atoms. The Hall–Kier alpha value is -0.290. The van der Waals surface area contributed by atoms with Gasteiger partial charge in [-0.15, -0.1) is 0 Å². The molecule has 1 aliphatic carbocycles. The molecule has 0 aromatic rings. The summed E-state index contributed by atoms with van der Waals surface area (Å²) in [5.74, 6) is -1.17. The van der Waals surface area contributed by atoms with E-state index in [0.29, 0.717) is 6.42 Å². The van der Waals surface area contributed by atoms with Crippen LogP contribution in [0.3, 0.4) is 0 Å². The number of rotatable bonds is 1. The first-order valence-corrected chi connectivity index (χ1v) is 4.81. The van der Waals surface area contributed by atoms with Crippen molar-refractivity contribution in [3.8, 4) is 0 Å². The highest BCUT2D eigenvalue weighted by atomic mass is 19.4. The van der Waals surface area contributed by atoms with E-state index in [1.807, 2.05) is 0 Å². The van der Waals surface area contributed by atoms with E-state index in [4.69, 9.17) is 5.73 Å². The molecular weight excluding hydrogens is 193 g/mol. The molecule has 5 heteroatoms. The van der Waals surface area contributed by atoms with Gasteiger partial charge in [0, 0.05) is 12.1 Å². The van der Waals surface area contributed by atoms with E-state index in [0.717, 1.165) is 0 Å². The largest absolute Gasteiger partial charge is 0.391 e. The normalized spacial score (nSPS) is 34.9. The minimum Gasteiger partial charge on any atom is -0.326 e. The standard InChI is InChI=1S/C9H17F3N2/c1-14(2)8-5-6(9(10,11)12)3-4-7(8)13/h6-8H,3-5,13H2,1-2H3/t6?,7-,8-/m0/s1. The van der Waals surface area contributed by atoms with Gasteiger partial charge in [0.2, 0.25) is 0 Å². The number of nitrogens with two attached hydrogens (primary N) is 1. The number of hydrogen-bond donors (Lipinski definition) is 1. The predicted octanol–water partition coefficient (Wildman–Crippen LogP) is 1.61. The molecule has 84 valence electrons. The predicted molar refractivity (Wildman–Crippen MR) is 48.8 cm³/mol. The zero-order valence-corrected chi connectivity index (χ0v) is 8.51. The first kappa shape index (κ1) is 11.8. The Bertz CT molecular complexity index is 191. The maximum atomic E-state index is 12.4. The van der Waals surface area contributed by atoms with Crippen LogP contribution in [0.15, 0.2) is 0 Å². The molecule has 0 aliphatic heterocycles. The van der Waals surface area contributed by atoms with E-state index in [9.17, 15) is 13.2 Å². The third-order valence-electron chi connectivity index (χ3n) is 2.99. The van der Waals surface area contributed by atoms with Crippen molar-refractivity contribution in [1.29, 1.82) is 0 Å². The van der Waals surface area contributed by atoms with Crippen LogP contribution in [0.4, 0.5) is 13.2 Å². The zero-order valence-electron chi connectivity index (χ0n) is 8.51. The fourth-order valence-corrected chi connectivity index (χ4v) is 2.06. The molecule has 0 amide bonds. The van der Waals surface area contributed by atoms with E-state index >= 15 is 0 Å². The monoisotopic (exact) mass is 210 g/mol. The van der Waals surface area contributed by atoms with Crippen LogP contribution in [-0.2, 0) is 0 Å². The molecule has 0 radical (unpaired) electrons. The van der Waals surface area contributed by atoms with Crippen LogP contribution >= 0.6 is 0 Å². The molecule has 1 unspecified atom stereocenters. The molecule has 1 fully saturated rings. The topological polar surface area (TPSA) is 29.3 Å². The molecule has 2 nitrogen and oxygen atoms in total. The molecule has 0 aromatic carbocycles. The molecule has 1 aliphatic rings. The number of nitrogens with zero attached hydrogens (tertiary/aromatic N) is 1. The van der Waals surface area contributed by atoms with Crippen LogP contribution in [0.5, 0.6) is 0 Å². The van der Waals surface area contributed by atoms with Gasteiger partial charge < -0.3 is 10.6 Å². The molecule has 3 atom stereocenters. The lowest BCUT2D eigenvalue weighted by molar-refractivity contribution is -0.186. The summed E-state index contributed by atoms with van der Waals surface area (Å²) in [6, 6.07) is -0.265. The van der Waals surface area contributed by atoms with Gasteiger partial charge in [-0.05, 0) is 33.4 Å². The van der Waals surface area contributed by atoms with Gasteiger partial charge in [-0.2, -0.15) is 13.2 Å². The molecule has 0 bridgehead atoms. The maximum Gasteiger partial charge on any atom is 0.391 e. The Kier molecular flexibility index (Phi) is 3.42. The molecule has 2 N–H and O–H groups in total. The Morgan fingerprint density at radius 2 is 1.79 bits per heavy atom. The fraction of sp³-hybridized carbons (Fsp3) is 1.00. The van der Waals surface area contributed by atoms with Gasteiger partial charge >= 0.3 is 6.18 Å². The lowest BCUT2D eigenvalue weighted by Gasteiger charge is -2.38. The summed E-state index contributed by atoms with van der Waals surface area (Å²) in [5, 5.41) is 0. The van der Waals surface area contributed by atoms with Crippen molar-refractivity contribution in [2.75, 3.05) is 14.1 Å². The van der Waals surface area contributed by atoms with Crippen LogP contribution < -0.4 is 5.73 Å². The highest BCUT2D eigenvalue weighted by Crippen LogP contribution is 2.38. The van der Waals surface area contributed by atoms with E-state index in [1.54, 1.807) is 19.0 Å². The Morgan fingerprint density at radius 1 is 1.21 bits per heavy atom. The number of halogens is 3. The molecular formula is C9H17F3N2. The second-order valence-electron chi connectivity index (χ2n) is 4.25. The summed E-state index contributed by atoms with van der Waals surface area (Å²) >= 11 is 0. The van der Waals surface area contributed by atoms with E-state index < -0.39 is 12.1 Å². The van der Waals surface area contributed by atoms with Crippen LogP contribution in [0.1, 0.15) is 19.3 Å². The zero-order chi connectivity index (χ0) is 10.9. The molecule has 0 spiro atoms. The third-order valence-corrected chi connectivity index (χ3v) is 2.99. The quantitative estimate of drug-likeness (QED) is 0.712. The Balaban J connectivity index is 2.62. The van der Waals surface area contributed by atoms with Crippen molar-refractivity contribution in [3.05, 3.63) is 0 Å². The summed E-state index contributed by atoms with van der Waals surface area (Å²) in [6.45, 7) is 0. The van der Waals surface area contributed by atoms with Gasteiger partial charge in [0.15, 0.2) is 0 Å². The first-order valence-electron chi connectivity index (χ1n) is 4.81. The second kappa shape index (κ2) is 4.06. The van der Waals surface area contributed by atoms with Crippen molar-refractivity contribution < 1.29 is 13.2 Å². The number of alkyl halides is 3. The minimum atomic E-state index is -4.06. The highest BCUT2D eigenvalue weighted by Gasteiger charge is 2.44. The maximum absolute atomic E-state index is 12.4. The van der Waals surface area contributed by atoms with Crippen molar-refractivity contribution in [2.45, 2.75) is 37.5 Å². The van der Waals surface area contributed by atoms with Gasteiger partial charge in [0.1, 0.15) is 0 Å². The summed E-state index contributed by atoms with van der Waals surface area (Å²) in [7, 11) is 3.56. The van der Waals surface area contributed by atoms with Gasteiger partial charge in [0.05, 0.1) is 5.92 Å². The average Bonchev–Trinajstić information content (AvgIpc) is 2.02. The van der Waals surface area contributed by atoms with E-state index in [2.05, 4.69) is 0 Å².